The van der Waals surface area contributed by atoms with Crippen molar-refractivity contribution in [2.45, 2.75) is 19.5 Å². The minimum atomic E-state index is 0.0537. The summed E-state index contributed by atoms with van der Waals surface area (Å²) in [5.74, 6) is 0.0537. The Kier molecular flexibility index (Phi) is 5.19. The van der Waals surface area contributed by atoms with Crippen LogP contribution in [0.1, 0.15) is 6.42 Å². The standard InChI is InChI=1S/C13H19ClN8O/c14-12-8-16-21(9-12)7-5-19-2-1-3-20(6-4-19)13(23)10-22-11-15-17-18-22/h8-9,11H,1-7,10H2. The molecule has 2 aromatic rings. The molecule has 1 amide bonds. The summed E-state index contributed by atoms with van der Waals surface area (Å²) in [6, 6.07) is 0. The first-order chi connectivity index (χ1) is 11.2. The van der Waals surface area contributed by atoms with Crippen molar-refractivity contribution < 1.29 is 4.79 Å². The minimum absolute atomic E-state index is 0.0537. The highest BCUT2D eigenvalue weighted by atomic mass is 35.5. The normalized spacial score (nSPS) is 16.5. The molecule has 0 atom stereocenters. The maximum Gasteiger partial charge on any atom is 0.244 e. The van der Waals surface area contributed by atoms with E-state index in [0.717, 1.165) is 45.7 Å². The number of hydrogen-bond acceptors (Lipinski definition) is 6. The number of carbonyl (C=O) groups excluding carboxylic acids is 1. The molecule has 9 nitrogen and oxygen atoms in total. The van der Waals surface area contributed by atoms with E-state index in [9.17, 15) is 4.79 Å². The van der Waals surface area contributed by atoms with E-state index < -0.39 is 0 Å². The topological polar surface area (TPSA) is 85.0 Å². The third-order valence-electron chi connectivity index (χ3n) is 3.88. The van der Waals surface area contributed by atoms with E-state index in [1.165, 1.54) is 11.0 Å². The number of aromatic nitrogens is 6. The van der Waals surface area contributed by atoms with Gasteiger partial charge in [-0.1, -0.05) is 11.6 Å². The van der Waals surface area contributed by atoms with Gasteiger partial charge in [0.15, 0.2) is 0 Å². The second kappa shape index (κ2) is 7.51. The van der Waals surface area contributed by atoms with Gasteiger partial charge in [-0.05, 0) is 23.4 Å². The Labute approximate surface area is 138 Å². The monoisotopic (exact) mass is 338 g/mol. The molecule has 0 bridgehead atoms. The number of tetrazole rings is 1. The molecule has 0 aromatic carbocycles. The largest absolute Gasteiger partial charge is 0.340 e. The Hall–Kier alpha value is -2.00. The van der Waals surface area contributed by atoms with Crippen LogP contribution >= 0.6 is 11.6 Å². The molecule has 23 heavy (non-hydrogen) atoms. The van der Waals surface area contributed by atoms with E-state index in [1.807, 2.05) is 15.8 Å². The number of hydrogen-bond donors (Lipinski definition) is 0. The number of amides is 1. The predicted molar refractivity (Wildman–Crippen MR) is 82.7 cm³/mol. The van der Waals surface area contributed by atoms with E-state index in [-0.39, 0.29) is 12.5 Å². The fourth-order valence-corrected chi connectivity index (χ4v) is 2.80. The highest BCUT2D eigenvalue weighted by Crippen LogP contribution is 2.07. The summed E-state index contributed by atoms with van der Waals surface area (Å²) >= 11 is 5.86. The first-order valence-electron chi connectivity index (χ1n) is 7.59. The highest BCUT2D eigenvalue weighted by Gasteiger charge is 2.19. The third kappa shape index (κ3) is 4.49. The maximum absolute atomic E-state index is 12.3. The zero-order chi connectivity index (χ0) is 16.1. The lowest BCUT2D eigenvalue weighted by Crippen LogP contribution is -2.37. The second-order valence-electron chi connectivity index (χ2n) is 5.51. The molecule has 3 heterocycles. The molecule has 1 aliphatic heterocycles. The molecule has 0 unspecified atom stereocenters. The molecular weight excluding hydrogens is 320 g/mol. The van der Waals surface area contributed by atoms with Crippen LogP contribution < -0.4 is 0 Å². The molecule has 0 spiro atoms. The zero-order valence-electron chi connectivity index (χ0n) is 12.8. The fraction of sp³-hybridized carbons (Fsp3) is 0.615. The van der Waals surface area contributed by atoms with Crippen LogP contribution in [0.15, 0.2) is 18.7 Å². The Bertz CT molecular complexity index is 628. The molecule has 10 heteroatoms. The van der Waals surface area contributed by atoms with Crippen molar-refractivity contribution >= 4 is 17.5 Å². The van der Waals surface area contributed by atoms with Gasteiger partial charge in [-0.25, -0.2) is 4.68 Å². The van der Waals surface area contributed by atoms with Crippen molar-refractivity contribution in [3.63, 3.8) is 0 Å². The quantitative estimate of drug-likeness (QED) is 0.748. The van der Waals surface area contributed by atoms with Gasteiger partial charge in [0.1, 0.15) is 12.9 Å². The Morgan fingerprint density at radius 3 is 2.83 bits per heavy atom. The molecule has 0 saturated carbocycles. The molecule has 1 aliphatic rings. The van der Waals surface area contributed by atoms with Crippen LogP contribution in [0.25, 0.3) is 0 Å². The highest BCUT2D eigenvalue weighted by molar-refractivity contribution is 6.30. The van der Waals surface area contributed by atoms with Gasteiger partial charge in [0.25, 0.3) is 0 Å². The van der Waals surface area contributed by atoms with E-state index in [1.54, 1.807) is 6.20 Å². The van der Waals surface area contributed by atoms with Crippen molar-refractivity contribution in [2.24, 2.45) is 0 Å². The van der Waals surface area contributed by atoms with Gasteiger partial charge in [0, 0.05) is 32.4 Å². The average Bonchev–Trinajstić information content (AvgIpc) is 3.12. The fourth-order valence-electron chi connectivity index (χ4n) is 2.64. The van der Waals surface area contributed by atoms with Crippen molar-refractivity contribution in [1.29, 1.82) is 0 Å². The van der Waals surface area contributed by atoms with Crippen LogP contribution in [0, 0.1) is 0 Å². The van der Waals surface area contributed by atoms with Crippen LogP contribution in [0.2, 0.25) is 5.02 Å². The van der Waals surface area contributed by atoms with Gasteiger partial charge in [-0.3, -0.25) is 14.4 Å². The number of halogens is 1. The van der Waals surface area contributed by atoms with Crippen LogP contribution in [0.5, 0.6) is 0 Å². The minimum Gasteiger partial charge on any atom is -0.340 e. The molecule has 2 aromatic heterocycles. The van der Waals surface area contributed by atoms with Gasteiger partial charge in [0.05, 0.1) is 17.8 Å². The lowest BCUT2D eigenvalue weighted by molar-refractivity contribution is -0.131. The SMILES string of the molecule is O=C(Cn1cnnn1)N1CCCN(CCn2cc(Cl)cn2)CC1. The van der Waals surface area contributed by atoms with E-state index in [4.69, 9.17) is 11.6 Å². The number of carbonyl (C=O) groups is 1. The van der Waals surface area contributed by atoms with Gasteiger partial charge >= 0.3 is 0 Å². The van der Waals surface area contributed by atoms with Crippen molar-refractivity contribution in [3.05, 3.63) is 23.7 Å². The smallest absolute Gasteiger partial charge is 0.244 e. The summed E-state index contributed by atoms with van der Waals surface area (Å²) in [6.07, 6.45) is 5.88. The first kappa shape index (κ1) is 15.9. The molecule has 1 fully saturated rings. The molecule has 3 rings (SSSR count). The Morgan fingerprint density at radius 2 is 2.09 bits per heavy atom. The second-order valence-corrected chi connectivity index (χ2v) is 5.94. The van der Waals surface area contributed by atoms with E-state index in [2.05, 4.69) is 25.5 Å². The Balaban J connectivity index is 1.46. The molecule has 0 aliphatic carbocycles. The van der Waals surface area contributed by atoms with Gasteiger partial charge in [0.2, 0.25) is 5.91 Å². The summed E-state index contributed by atoms with van der Waals surface area (Å²) in [6.45, 7) is 5.21. The molecule has 0 radical (unpaired) electrons. The lowest BCUT2D eigenvalue weighted by Gasteiger charge is -2.21. The summed E-state index contributed by atoms with van der Waals surface area (Å²) in [5, 5.41) is 15.6. The summed E-state index contributed by atoms with van der Waals surface area (Å²) < 4.78 is 3.29. The van der Waals surface area contributed by atoms with Crippen LogP contribution in [0.4, 0.5) is 0 Å². The molecule has 124 valence electrons. The van der Waals surface area contributed by atoms with E-state index in [0.29, 0.717) is 5.02 Å². The summed E-state index contributed by atoms with van der Waals surface area (Å²) in [4.78, 5) is 16.5. The van der Waals surface area contributed by atoms with Crippen LogP contribution in [0.3, 0.4) is 0 Å². The molecular formula is C13H19ClN8O. The van der Waals surface area contributed by atoms with Gasteiger partial charge < -0.3 is 4.90 Å². The van der Waals surface area contributed by atoms with E-state index >= 15 is 0 Å². The van der Waals surface area contributed by atoms with Crippen LogP contribution in [-0.4, -0.2) is 78.4 Å². The van der Waals surface area contributed by atoms with Crippen molar-refractivity contribution in [1.82, 2.24) is 39.8 Å². The van der Waals surface area contributed by atoms with Gasteiger partial charge in [-0.2, -0.15) is 5.10 Å². The maximum atomic E-state index is 12.3. The van der Waals surface area contributed by atoms with Crippen LogP contribution in [-0.2, 0) is 17.9 Å². The third-order valence-corrected chi connectivity index (χ3v) is 4.07. The number of rotatable bonds is 5. The first-order valence-corrected chi connectivity index (χ1v) is 7.97. The molecule has 1 saturated heterocycles. The summed E-state index contributed by atoms with van der Waals surface area (Å²) in [7, 11) is 0. The zero-order valence-corrected chi connectivity index (χ0v) is 13.5. The predicted octanol–water partition coefficient (Wildman–Crippen LogP) is -0.242. The summed E-state index contributed by atoms with van der Waals surface area (Å²) in [5.41, 5.74) is 0. The van der Waals surface area contributed by atoms with Gasteiger partial charge in [-0.15, -0.1) is 5.10 Å². The van der Waals surface area contributed by atoms with Crippen molar-refractivity contribution in [3.8, 4) is 0 Å². The Morgan fingerprint density at radius 1 is 1.17 bits per heavy atom. The lowest BCUT2D eigenvalue weighted by atomic mass is 10.3. The van der Waals surface area contributed by atoms with Crippen molar-refractivity contribution in [2.75, 3.05) is 32.7 Å². The molecule has 0 N–H and O–H groups in total. The average molecular weight is 339 g/mol. The number of nitrogens with zero attached hydrogens (tertiary/aromatic N) is 8.